The average molecular weight is 238 g/mol. The van der Waals surface area contributed by atoms with Gasteiger partial charge in [0.25, 0.3) is 0 Å². The topological polar surface area (TPSA) is 77.0 Å². The lowest BCUT2D eigenvalue weighted by Gasteiger charge is -1.96. The Hall–Kier alpha value is -1.40. The van der Waals surface area contributed by atoms with Gasteiger partial charge in [0.2, 0.25) is 5.89 Å². The van der Waals surface area contributed by atoms with Crippen LogP contribution in [0.4, 0.5) is 6.01 Å². The van der Waals surface area contributed by atoms with E-state index in [2.05, 4.69) is 35.4 Å². The van der Waals surface area contributed by atoms with Gasteiger partial charge in [-0.25, -0.2) is 0 Å². The monoisotopic (exact) mass is 238 g/mol. The van der Waals surface area contributed by atoms with Crippen molar-refractivity contribution in [1.82, 2.24) is 10.2 Å². The van der Waals surface area contributed by atoms with Gasteiger partial charge in [-0.3, -0.25) is 0 Å². The van der Waals surface area contributed by atoms with Gasteiger partial charge >= 0.3 is 6.01 Å². The first-order valence-corrected chi connectivity index (χ1v) is 5.83. The molecule has 0 radical (unpaired) electrons. The van der Waals surface area contributed by atoms with Crippen LogP contribution < -0.4 is 11.1 Å². The smallest absolute Gasteiger partial charge is 0.315 e. The predicted molar refractivity (Wildman–Crippen MR) is 63.3 cm³/mol. The van der Waals surface area contributed by atoms with E-state index in [0.717, 1.165) is 0 Å². The molecule has 0 spiro atoms. The fourth-order valence-electron chi connectivity index (χ4n) is 1.31. The summed E-state index contributed by atoms with van der Waals surface area (Å²) in [6.07, 6.45) is 0. The van der Waals surface area contributed by atoms with Crippen molar-refractivity contribution in [2.24, 2.45) is 5.73 Å². The molecule has 0 bridgehead atoms. The first-order valence-electron chi connectivity index (χ1n) is 5.01. The largest absolute Gasteiger partial charge is 0.407 e. The number of thiophene rings is 1. The van der Waals surface area contributed by atoms with E-state index in [-0.39, 0.29) is 6.54 Å². The molecular weight excluding hydrogens is 224 g/mol. The summed E-state index contributed by atoms with van der Waals surface area (Å²) in [6.45, 7) is 5.19. The third-order valence-electron chi connectivity index (χ3n) is 2.27. The van der Waals surface area contributed by atoms with E-state index < -0.39 is 0 Å². The molecule has 2 rings (SSSR count). The fraction of sp³-hybridized carbons (Fsp3) is 0.400. The van der Waals surface area contributed by atoms with E-state index in [9.17, 15) is 0 Å². The van der Waals surface area contributed by atoms with Crippen LogP contribution >= 0.6 is 11.3 Å². The average Bonchev–Trinajstić information content (AvgIpc) is 2.84. The van der Waals surface area contributed by atoms with Crippen LogP contribution in [0.3, 0.4) is 0 Å². The van der Waals surface area contributed by atoms with E-state index in [4.69, 9.17) is 10.2 Å². The zero-order valence-electron chi connectivity index (χ0n) is 9.28. The lowest BCUT2D eigenvalue weighted by Crippen LogP contribution is -1.97. The summed E-state index contributed by atoms with van der Waals surface area (Å²) in [5, 5.41) is 10.7. The SMILES string of the molecule is Cc1cc(CNc2nnc(CN)o2)sc1C. The Morgan fingerprint density at radius 1 is 1.44 bits per heavy atom. The molecule has 0 fully saturated rings. The molecule has 3 N–H and O–H groups in total. The normalized spacial score (nSPS) is 10.7. The fourth-order valence-corrected chi connectivity index (χ4v) is 2.30. The molecule has 2 aromatic heterocycles. The molecular formula is C10H14N4OS. The van der Waals surface area contributed by atoms with Gasteiger partial charge in [0, 0.05) is 9.75 Å². The number of anilines is 1. The first-order chi connectivity index (χ1) is 7.69. The zero-order chi connectivity index (χ0) is 11.5. The van der Waals surface area contributed by atoms with E-state index in [1.165, 1.54) is 15.3 Å². The molecule has 16 heavy (non-hydrogen) atoms. The van der Waals surface area contributed by atoms with Crippen molar-refractivity contribution in [2.75, 3.05) is 5.32 Å². The van der Waals surface area contributed by atoms with Crippen LogP contribution in [0.15, 0.2) is 10.5 Å². The Morgan fingerprint density at radius 2 is 2.25 bits per heavy atom. The number of nitrogens with two attached hydrogens (primary N) is 1. The standard InChI is InChI=1S/C10H14N4OS/c1-6-3-8(16-7(6)2)5-12-10-14-13-9(4-11)15-10/h3H,4-5,11H2,1-2H3,(H,12,14). The van der Waals surface area contributed by atoms with Gasteiger partial charge in [0.1, 0.15) is 0 Å². The lowest BCUT2D eigenvalue weighted by molar-refractivity contribution is 0.507. The molecule has 2 heterocycles. The number of nitrogens with zero attached hydrogens (tertiary/aromatic N) is 2. The van der Waals surface area contributed by atoms with Gasteiger partial charge in [-0.1, -0.05) is 5.10 Å². The second kappa shape index (κ2) is 4.63. The molecule has 86 valence electrons. The summed E-state index contributed by atoms with van der Waals surface area (Å²) in [4.78, 5) is 2.59. The zero-order valence-corrected chi connectivity index (χ0v) is 10.1. The van der Waals surface area contributed by atoms with Crippen LogP contribution in [0.25, 0.3) is 0 Å². The van der Waals surface area contributed by atoms with Gasteiger partial charge in [-0.05, 0) is 25.5 Å². The maximum atomic E-state index is 5.37. The Balaban J connectivity index is 1.96. The third-order valence-corrected chi connectivity index (χ3v) is 3.42. The van der Waals surface area contributed by atoms with Gasteiger partial charge in [0.15, 0.2) is 0 Å². The first kappa shape index (κ1) is 11.1. The van der Waals surface area contributed by atoms with Crippen molar-refractivity contribution in [3.63, 3.8) is 0 Å². The quantitative estimate of drug-likeness (QED) is 0.849. The van der Waals surface area contributed by atoms with Crippen molar-refractivity contribution in [3.8, 4) is 0 Å². The summed E-state index contributed by atoms with van der Waals surface area (Å²) < 4.78 is 5.24. The van der Waals surface area contributed by atoms with E-state index in [1.807, 2.05) is 0 Å². The van der Waals surface area contributed by atoms with Crippen molar-refractivity contribution < 1.29 is 4.42 Å². The molecule has 0 saturated heterocycles. The van der Waals surface area contributed by atoms with Crippen molar-refractivity contribution in [2.45, 2.75) is 26.9 Å². The highest BCUT2D eigenvalue weighted by molar-refractivity contribution is 7.12. The predicted octanol–water partition coefficient (Wildman–Crippen LogP) is 1.82. The van der Waals surface area contributed by atoms with Crippen LogP contribution in [0.2, 0.25) is 0 Å². The second-order valence-corrected chi connectivity index (χ2v) is 4.85. The molecule has 0 aromatic carbocycles. The number of aromatic nitrogens is 2. The van der Waals surface area contributed by atoms with E-state index in [0.29, 0.717) is 18.5 Å². The van der Waals surface area contributed by atoms with Crippen LogP contribution in [-0.2, 0) is 13.1 Å². The lowest BCUT2D eigenvalue weighted by atomic mass is 10.3. The van der Waals surface area contributed by atoms with Crippen LogP contribution in [0.1, 0.15) is 21.2 Å². The molecule has 0 aliphatic heterocycles. The molecule has 2 aromatic rings. The molecule has 6 heteroatoms. The maximum absolute atomic E-state index is 5.37. The number of nitrogens with one attached hydrogen (secondary N) is 1. The molecule has 0 atom stereocenters. The molecule has 0 aliphatic rings. The van der Waals surface area contributed by atoms with Gasteiger partial charge < -0.3 is 15.5 Å². The Labute approximate surface area is 97.7 Å². The number of hydrogen-bond acceptors (Lipinski definition) is 6. The summed E-state index contributed by atoms with van der Waals surface area (Å²) in [5.41, 5.74) is 6.69. The van der Waals surface area contributed by atoms with E-state index in [1.54, 1.807) is 11.3 Å². The van der Waals surface area contributed by atoms with Crippen molar-refractivity contribution >= 4 is 17.4 Å². The summed E-state index contributed by atoms with van der Waals surface area (Å²) >= 11 is 1.77. The highest BCUT2D eigenvalue weighted by Gasteiger charge is 2.05. The highest BCUT2D eigenvalue weighted by atomic mass is 32.1. The van der Waals surface area contributed by atoms with Crippen LogP contribution in [-0.4, -0.2) is 10.2 Å². The van der Waals surface area contributed by atoms with Crippen molar-refractivity contribution in [1.29, 1.82) is 0 Å². The van der Waals surface area contributed by atoms with Gasteiger partial charge in [-0.2, -0.15) is 0 Å². The minimum Gasteiger partial charge on any atom is -0.407 e. The maximum Gasteiger partial charge on any atom is 0.315 e. The summed E-state index contributed by atoms with van der Waals surface area (Å²) in [7, 11) is 0. The summed E-state index contributed by atoms with van der Waals surface area (Å²) in [5.74, 6) is 0.445. The molecule has 0 aliphatic carbocycles. The molecule has 0 saturated carbocycles. The minimum atomic E-state index is 0.270. The van der Waals surface area contributed by atoms with Gasteiger partial charge in [0.05, 0.1) is 13.1 Å². The number of hydrogen-bond donors (Lipinski definition) is 2. The third kappa shape index (κ3) is 2.40. The molecule has 0 unspecified atom stereocenters. The van der Waals surface area contributed by atoms with Crippen LogP contribution in [0, 0.1) is 13.8 Å². The Bertz CT molecular complexity index is 457. The van der Waals surface area contributed by atoms with E-state index >= 15 is 0 Å². The highest BCUT2D eigenvalue weighted by Crippen LogP contribution is 2.21. The Kier molecular flexibility index (Phi) is 3.21. The summed E-state index contributed by atoms with van der Waals surface area (Å²) in [6, 6.07) is 2.58. The molecule has 5 nitrogen and oxygen atoms in total. The number of rotatable bonds is 4. The van der Waals surface area contributed by atoms with Gasteiger partial charge in [-0.15, -0.1) is 16.4 Å². The minimum absolute atomic E-state index is 0.270. The number of aryl methyl sites for hydroxylation is 2. The Morgan fingerprint density at radius 3 is 2.81 bits per heavy atom. The van der Waals surface area contributed by atoms with Crippen LogP contribution in [0.5, 0.6) is 0 Å². The second-order valence-electron chi connectivity index (χ2n) is 3.51. The molecule has 0 amide bonds. The van der Waals surface area contributed by atoms with Crippen molar-refractivity contribution in [3.05, 3.63) is 27.3 Å².